The molecule has 1 atom stereocenters. The number of carboxylic acid groups (broad SMARTS) is 1. The highest BCUT2D eigenvalue weighted by atomic mass is 32.2. The van der Waals surface area contributed by atoms with Crippen LogP contribution in [0.5, 0.6) is 0 Å². The summed E-state index contributed by atoms with van der Waals surface area (Å²) in [5, 5.41) is 20.0. The van der Waals surface area contributed by atoms with Gasteiger partial charge in [-0.2, -0.15) is 0 Å². The lowest BCUT2D eigenvalue weighted by atomic mass is 10.1. The molecule has 0 aromatic heterocycles. The molecule has 1 aliphatic rings. The summed E-state index contributed by atoms with van der Waals surface area (Å²) in [5.74, 6) is -2.24. The fourth-order valence-corrected chi connectivity index (χ4v) is 3.96. The molecule has 12 heteroatoms. The van der Waals surface area contributed by atoms with E-state index in [4.69, 9.17) is 10.8 Å². The molecule has 0 bridgehead atoms. The zero-order chi connectivity index (χ0) is 21.3. The maximum absolute atomic E-state index is 12.5. The molecule has 0 aliphatic carbocycles. The molecule has 3 rings (SSSR count). The summed E-state index contributed by atoms with van der Waals surface area (Å²) in [6.45, 7) is 0.00756. The Labute approximate surface area is 164 Å². The molecule has 1 heterocycles. The molecule has 29 heavy (non-hydrogen) atoms. The molecule has 152 valence electrons. The van der Waals surface area contributed by atoms with Crippen molar-refractivity contribution >= 4 is 44.6 Å². The predicted molar refractivity (Wildman–Crippen MR) is 103 cm³/mol. The van der Waals surface area contributed by atoms with Gasteiger partial charge < -0.3 is 15.7 Å². The van der Waals surface area contributed by atoms with E-state index in [1.807, 2.05) is 0 Å². The van der Waals surface area contributed by atoms with Crippen LogP contribution in [0.25, 0.3) is 0 Å². The SMILES string of the molecule is Nc1ccc(NS(=O)(=O)c2ccc(N3CC(C(=O)O)CC3=O)cc2)cc1[N+](=O)[O-]. The monoisotopic (exact) mass is 420 g/mol. The standard InChI is InChI=1S/C17H16N4O7S/c18-14-6-1-11(8-15(14)21(25)26)19-29(27,28)13-4-2-12(3-5-13)20-9-10(17(23)24)7-16(20)22/h1-6,8,10,19H,7,9,18H2,(H,23,24). The van der Waals surface area contributed by atoms with Crippen molar-refractivity contribution in [3.8, 4) is 0 Å². The van der Waals surface area contributed by atoms with Gasteiger partial charge in [-0.05, 0) is 36.4 Å². The largest absolute Gasteiger partial charge is 0.481 e. The van der Waals surface area contributed by atoms with Gasteiger partial charge >= 0.3 is 5.97 Å². The van der Waals surface area contributed by atoms with Gasteiger partial charge in [-0.1, -0.05) is 0 Å². The highest BCUT2D eigenvalue weighted by Crippen LogP contribution is 2.29. The Morgan fingerprint density at radius 1 is 1.24 bits per heavy atom. The van der Waals surface area contributed by atoms with Gasteiger partial charge in [0.1, 0.15) is 5.69 Å². The average Bonchev–Trinajstić information content (AvgIpc) is 3.05. The number of nitrogens with two attached hydrogens (primary N) is 1. The van der Waals surface area contributed by atoms with Gasteiger partial charge in [0.25, 0.3) is 15.7 Å². The first-order chi connectivity index (χ1) is 13.6. The average molecular weight is 420 g/mol. The van der Waals surface area contributed by atoms with E-state index >= 15 is 0 Å². The van der Waals surface area contributed by atoms with Crippen LogP contribution in [0, 0.1) is 16.0 Å². The van der Waals surface area contributed by atoms with Gasteiger partial charge in [0.15, 0.2) is 0 Å². The van der Waals surface area contributed by atoms with E-state index < -0.39 is 32.5 Å². The summed E-state index contributed by atoms with van der Waals surface area (Å²) >= 11 is 0. The minimum absolute atomic E-state index is 0.00756. The third-order valence-corrected chi connectivity index (χ3v) is 5.81. The lowest BCUT2D eigenvalue weighted by Crippen LogP contribution is -2.25. The number of hydrogen-bond acceptors (Lipinski definition) is 7. The third-order valence-electron chi connectivity index (χ3n) is 4.41. The van der Waals surface area contributed by atoms with Crippen molar-refractivity contribution in [1.29, 1.82) is 0 Å². The van der Waals surface area contributed by atoms with Crippen molar-refractivity contribution in [3.63, 3.8) is 0 Å². The summed E-state index contributed by atoms with van der Waals surface area (Å²) in [6.07, 6.45) is -0.118. The highest BCUT2D eigenvalue weighted by Gasteiger charge is 2.35. The van der Waals surface area contributed by atoms with Gasteiger partial charge in [-0.3, -0.25) is 24.4 Å². The topological polar surface area (TPSA) is 173 Å². The summed E-state index contributed by atoms with van der Waals surface area (Å²) < 4.78 is 27.3. The van der Waals surface area contributed by atoms with Crippen LogP contribution < -0.4 is 15.4 Å². The van der Waals surface area contributed by atoms with Crippen molar-refractivity contribution in [2.24, 2.45) is 5.92 Å². The quantitative estimate of drug-likeness (QED) is 0.357. The van der Waals surface area contributed by atoms with Crippen LogP contribution in [0.15, 0.2) is 47.4 Å². The zero-order valence-electron chi connectivity index (χ0n) is 14.8. The first-order valence-corrected chi connectivity index (χ1v) is 9.77. The molecule has 2 aromatic rings. The zero-order valence-corrected chi connectivity index (χ0v) is 15.6. The molecule has 1 saturated heterocycles. The summed E-state index contributed by atoms with van der Waals surface area (Å²) in [6, 6.07) is 8.82. The summed E-state index contributed by atoms with van der Waals surface area (Å²) in [4.78, 5) is 34.4. The number of nitrogens with one attached hydrogen (secondary N) is 1. The second kappa shape index (κ2) is 7.39. The third kappa shape index (κ3) is 4.11. The molecule has 0 saturated carbocycles. The first kappa shape index (κ1) is 20.1. The van der Waals surface area contributed by atoms with Gasteiger partial charge in [0.05, 0.1) is 21.4 Å². The number of rotatable bonds is 6. The van der Waals surface area contributed by atoms with Crippen molar-refractivity contribution in [1.82, 2.24) is 0 Å². The fraction of sp³-hybridized carbons (Fsp3) is 0.176. The van der Waals surface area contributed by atoms with Crippen molar-refractivity contribution in [3.05, 3.63) is 52.6 Å². The number of sulfonamides is 1. The molecule has 1 aliphatic heterocycles. The normalized spacial score (nSPS) is 16.6. The van der Waals surface area contributed by atoms with Crippen LogP contribution >= 0.6 is 0 Å². The van der Waals surface area contributed by atoms with Gasteiger partial charge in [-0.15, -0.1) is 0 Å². The van der Waals surface area contributed by atoms with E-state index in [-0.39, 0.29) is 35.1 Å². The van der Waals surface area contributed by atoms with Crippen LogP contribution in [-0.2, 0) is 19.6 Å². The number of benzene rings is 2. The van der Waals surface area contributed by atoms with Gasteiger partial charge in [0.2, 0.25) is 5.91 Å². The second-order valence-corrected chi connectivity index (χ2v) is 8.06. The van der Waals surface area contributed by atoms with Crippen LogP contribution in [0.1, 0.15) is 6.42 Å². The lowest BCUT2D eigenvalue weighted by molar-refractivity contribution is -0.383. The Kier molecular flexibility index (Phi) is 5.12. The van der Waals surface area contributed by atoms with Crippen molar-refractivity contribution in [2.75, 3.05) is 21.9 Å². The fourth-order valence-electron chi connectivity index (χ4n) is 2.91. The smallest absolute Gasteiger partial charge is 0.308 e. The lowest BCUT2D eigenvalue weighted by Gasteiger charge is -2.16. The van der Waals surface area contributed by atoms with E-state index in [1.54, 1.807) is 0 Å². The Morgan fingerprint density at radius 2 is 1.90 bits per heavy atom. The number of hydrogen-bond donors (Lipinski definition) is 3. The van der Waals surface area contributed by atoms with Crippen LogP contribution in [0.4, 0.5) is 22.7 Å². The number of amides is 1. The van der Waals surface area contributed by atoms with Crippen molar-refractivity contribution < 1.29 is 28.0 Å². The van der Waals surface area contributed by atoms with E-state index in [1.165, 1.54) is 41.3 Å². The summed E-state index contributed by atoms with van der Waals surface area (Å²) in [7, 11) is -4.06. The molecular formula is C17H16N4O7S. The number of carbonyl (C=O) groups is 2. The van der Waals surface area contributed by atoms with Crippen molar-refractivity contribution in [2.45, 2.75) is 11.3 Å². The van der Waals surface area contributed by atoms with E-state index in [2.05, 4.69) is 4.72 Å². The number of aliphatic carboxylic acids is 1. The molecule has 1 unspecified atom stereocenters. The predicted octanol–water partition coefficient (Wildman–Crippen LogP) is 1.42. The maximum atomic E-state index is 12.5. The number of carbonyl (C=O) groups excluding carboxylic acids is 1. The number of carboxylic acids is 1. The van der Waals surface area contributed by atoms with Crippen LogP contribution in [0.3, 0.4) is 0 Å². The minimum atomic E-state index is -4.06. The van der Waals surface area contributed by atoms with Crippen LogP contribution in [0.2, 0.25) is 0 Å². The first-order valence-electron chi connectivity index (χ1n) is 8.28. The van der Waals surface area contributed by atoms with Gasteiger partial charge in [0, 0.05) is 24.7 Å². The molecule has 0 radical (unpaired) electrons. The van der Waals surface area contributed by atoms with Crippen LogP contribution in [-0.4, -0.2) is 36.9 Å². The minimum Gasteiger partial charge on any atom is -0.481 e. The molecule has 1 fully saturated rings. The van der Waals surface area contributed by atoms with E-state index in [0.717, 1.165) is 6.07 Å². The molecule has 4 N–H and O–H groups in total. The Balaban J connectivity index is 1.80. The Bertz CT molecular complexity index is 1100. The maximum Gasteiger partial charge on any atom is 0.308 e. The molecule has 2 aromatic carbocycles. The Morgan fingerprint density at radius 3 is 2.45 bits per heavy atom. The molecule has 11 nitrogen and oxygen atoms in total. The highest BCUT2D eigenvalue weighted by molar-refractivity contribution is 7.92. The summed E-state index contributed by atoms with van der Waals surface area (Å²) in [5.41, 5.74) is 5.31. The number of nitro groups is 1. The number of nitro benzene ring substituents is 1. The van der Waals surface area contributed by atoms with E-state index in [9.17, 15) is 28.1 Å². The molecular weight excluding hydrogens is 404 g/mol. The van der Waals surface area contributed by atoms with E-state index in [0.29, 0.717) is 5.69 Å². The van der Waals surface area contributed by atoms with Gasteiger partial charge in [-0.25, -0.2) is 8.42 Å². The number of nitrogen functional groups attached to an aromatic ring is 1. The number of anilines is 3. The second-order valence-electron chi connectivity index (χ2n) is 6.37. The Hall–Kier alpha value is -3.67. The number of nitrogens with zero attached hydrogens (tertiary/aromatic N) is 2. The molecule has 0 spiro atoms. The molecule has 1 amide bonds.